The number of nitrogens with one attached hydrogen (secondary N) is 2. The van der Waals surface area contributed by atoms with Crippen molar-refractivity contribution in [3.05, 3.63) is 0 Å². The number of hydrogen-bond donors (Lipinski definition) is 4. The molecule has 4 N–H and O–H groups in total. The summed E-state index contributed by atoms with van der Waals surface area (Å²) in [7, 11) is 0. The quantitative estimate of drug-likeness (QED) is 0.200. The van der Waals surface area contributed by atoms with Crippen LogP contribution in [0.5, 0.6) is 0 Å². The predicted molar refractivity (Wildman–Crippen MR) is 90.4 cm³/mol. The highest BCUT2D eigenvalue weighted by Gasteiger charge is 2.22. The van der Waals surface area contributed by atoms with E-state index in [1.807, 2.05) is 0 Å². The van der Waals surface area contributed by atoms with Gasteiger partial charge in [-0.1, -0.05) is 29.6 Å². The molecule has 0 amide bonds. The number of oxime groups is 2. The molecule has 2 rings (SSSR count). The second-order valence-electron chi connectivity index (χ2n) is 6.17. The van der Waals surface area contributed by atoms with Gasteiger partial charge in [0.15, 0.2) is 0 Å². The van der Waals surface area contributed by atoms with Gasteiger partial charge in [0.1, 0.15) is 0 Å². The monoisotopic (exact) mass is 326 g/mol. The molecule has 132 valence electrons. The van der Waals surface area contributed by atoms with Crippen LogP contribution in [0.4, 0.5) is 0 Å². The van der Waals surface area contributed by atoms with Crippen LogP contribution >= 0.6 is 0 Å². The molecule has 2 heterocycles. The molecule has 23 heavy (non-hydrogen) atoms. The summed E-state index contributed by atoms with van der Waals surface area (Å²) in [6, 6.07) is 0. The van der Waals surface area contributed by atoms with Gasteiger partial charge in [0.05, 0.1) is 24.8 Å². The van der Waals surface area contributed by atoms with Crippen LogP contribution in [-0.4, -0.2) is 84.2 Å². The summed E-state index contributed by atoms with van der Waals surface area (Å²) in [5.41, 5.74) is 0. The molecular formula is C15H30N6O2. The van der Waals surface area contributed by atoms with Crippen LogP contribution in [0, 0.1) is 0 Å². The van der Waals surface area contributed by atoms with Crippen molar-refractivity contribution in [1.82, 2.24) is 20.4 Å². The minimum absolute atomic E-state index is 0.0905. The Morgan fingerprint density at radius 2 is 1.22 bits per heavy atom. The van der Waals surface area contributed by atoms with Crippen LogP contribution in [0.15, 0.2) is 10.3 Å². The molecule has 0 aromatic rings. The maximum atomic E-state index is 8.63. The van der Waals surface area contributed by atoms with E-state index in [0.29, 0.717) is 0 Å². The van der Waals surface area contributed by atoms with Crippen LogP contribution in [-0.2, 0) is 0 Å². The van der Waals surface area contributed by atoms with E-state index in [1.54, 1.807) is 12.4 Å². The molecule has 2 fully saturated rings. The van der Waals surface area contributed by atoms with E-state index in [2.05, 4.69) is 30.7 Å². The Hall–Kier alpha value is -1.22. The molecule has 0 aromatic heterocycles. The molecule has 0 spiro atoms. The summed E-state index contributed by atoms with van der Waals surface area (Å²) in [4.78, 5) is 4.63. The molecule has 2 atom stereocenters. The molecule has 0 aromatic carbocycles. The minimum atomic E-state index is 0.0905. The number of hydrogen-bond acceptors (Lipinski definition) is 8. The van der Waals surface area contributed by atoms with Crippen molar-refractivity contribution in [3.63, 3.8) is 0 Å². The first-order chi connectivity index (χ1) is 11.3. The van der Waals surface area contributed by atoms with Gasteiger partial charge in [0.25, 0.3) is 0 Å². The van der Waals surface area contributed by atoms with Gasteiger partial charge in [-0.3, -0.25) is 20.4 Å². The average Bonchev–Trinajstić information content (AvgIpc) is 3.17. The summed E-state index contributed by atoms with van der Waals surface area (Å²) < 4.78 is 0. The van der Waals surface area contributed by atoms with Crippen molar-refractivity contribution < 1.29 is 10.4 Å². The van der Waals surface area contributed by atoms with Crippen LogP contribution in [0.25, 0.3) is 0 Å². The molecule has 8 nitrogen and oxygen atoms in total. The summed E-state index contributed by atoms with van der Waals surface area (Å²) in [6.07, 6.45) is 9.39. The third-order valence-electron chi connectivity index (χ3n) is 4.60. The molecular weight excluding hydrogens is 296 g/mol. The van der Waals surface area contributed by atoms with Crippen LogP contribution in [0.1, 0.15) is 32.1 Å². The van der Waals surface area contributed by atoms with E-state index in [9.17, 15) is 0 Å². The maximum Gasteiger partial charge on any atom is 0.0999 e. The molecule has 0 saturated carbocycles. The zero-order valence-electron chi connectivity index (χ0n) is 13.8. The summed E-state index contributed by atoms with van der Waals surface area (Å²) in [6.45, 7) is 6.06. The number of rotatable bonds is 10. The number of unbranched alkanes of at least 4 members (excludes halogenated alkanes) is 4. The minimum Gasteiger partial charge on any atom is -0.411 e. The summed E-state index contributed by atoms with van der Waals surface area (Å²) in [5, 5.41) is 30.1. The number of nitrogens with zero attached hydrogens (tertiary/aromatic N) is 4. The average molecular weight is 326 g/mol. The zero-order chi connectivity index (χ0) is 16.3. The molecule has 0 aliphatic carbocycles. The van der Waals surface area contributed by atoms with E-state index < -0.39 is 0 Å². The van der Waals surface area contributed by atoms with E-state index in [4.69, 9.17) is 10.4 Å². The van der Waals surface area contributed by atoms with Crippen LogP contribution in [0.3, 0.4) is 0 Å². The van der Waals surface area contributed by atoms with E-state index in [0.717, 1.165) is 39.3 Å². The Morgan fingerprint density at radius 3 is 1.65 bits per heavy atom. The van der Waals surface area contributed by atoms with Gasteiger partial charge in [-0.15, -0.1) is 0 Å². The van der Waals surface area contributed by atoms with Crippen molar-refractivity contribution in [3.8, 4) is 0 Å². The normalized spacial score (nSPS) is 27.0. The first-order valence-electron chi connectivity index (χ1n) is 8.65. The van der Waals surface area contributed by atoms with Crippen molar-refractivity contribution in [2.75, 3.05) is 39.3 Å². The molecule has 2 aliphatic rings. The highest BCUT2D eigenvalue weighted by Crippen LogP contribution is 2.10. The van der Waals surface area contributed by atoms with E-state index in [1.165, 1.54) is 32.1 Å². The Morgan fingerprint density at radius 1 is 0.783 bits per heavy atom. The molecule has 2 aliphatic heterocycles. The van der Waals surface area contributed by atoms with E-state index >= 15 is 0 Å². The first-order valence-corrected chi connectivity index (χ1v) is 8.65. The third kappa shape index (κ3) is 6.06. The Balaban J connectivity index is 1.48. The predicted octanol–water partition coefficient (Wildman–Crippen LogP) is 0.320. The van der Waals surface area contributed by atoms with Gasteiger partial charge in [0.2, 0.25) is 0 Å². The molecule has 0 radical (unpaired) electrons. The fraction of sp³-hybridized carbons (Fsp3) is 0.867. The smallest absolute Gasteiger partial charge is 0.0999 e. The lowest BCUT2D eigenvalue weighted by atomic mass is 10.1. The molecule has 2 unspecified atom stereocenters. The van der Waals surface area contributed by atoms with Crippen molar-refractivity contribution in [1.29, 1.82) is 0 Å². The van der Waals surface area contributed by atoms with Crippen molar-refractivity contribution >= 4 is 12.4 Å². The molecule has 2 saturated heterocycles. The van der Waals surface area contributed by atoms with Crippen molar-refractivity contribution in [2.24, 2.45) is 10.3 Å². The maximum absolute atomic E-state index is 8.63. The van der Waals surface area contributed by atoms with Gasteiger partial charge in [-0.2, -0.15) is 0 Å². The fourth-order valence-electron chi connectivity index (χ4n) is 3.33. The highest BCUT2D eigenvalue weighted by atomic mass is 16.4. The summed E-state index contributed by atoms with van der Waals surface area (Å²) in [5.74, 6) is 0. The Kier molecular flexibility index (Phi) is 8.30. The van der Waals surface area contributed by atoms with E-state index in [-0.39, 0.29) is 12.3 Å². The molecule has 8 heteroatoms. The Bertz CT molecular complexity index is 345. The lowest BCUT2D eigenvalue weighted by molar-refractivity contribution is 0.270. The Labute approximate surface area is 138 Å². The van der Waals surface area contributed by atoms with Gasteiger partial charge >= 0.3 is 0 Å². The third-order valence-corrected chi connectivity index (χ3v) is 4.60. The zero-order valence-corrected chi connectivity index (χ0v) is 13.8. The molecule has 0 bridgehead atoms. The first kappa shape index (κ1) is 18.1. The van der Waals surface area contributed by atoms with Gasteiger partial charge in [-0.25, -0.2) is 0 Å². The topological polar surface area (TPSA) is 95.7 Å². The second kappa shape index (κ2) is 10.5. The van der Waals surface area contributed by atoms with Crippen LogP contribution in [0.2, 0.25) is 0 Å². The standard InChI is InChI=1S/C15H30N6O2/c22-18-12-14-16-6-10-20(14)8-4-2-1-3-5-9-21-11-7-17-15(21)13-19-23/h12-17,22-23H,1-11H2/b18-12-,19-13+. The van der Waals surface area contributed by atoms with Crippen molar-refractivity contribution in [2.45, 2.75) is 44.4 Å². The van der Waals surface area contributed by atoms with Gasteiger partial charge in [0, 0.05) is 39.3 Å². The lowest BCUT2D eigenvalue weighted by Gasteiger charge is -2.20. The lowest BCUT2D eigenvalue weighted by Crippen LogP contribution is -2.37. The fourth-order valence-corrected chi connectivity index (χ4v) is 3.33. The van der Waals surface area contributed by atoms with Crippen LogP contribution < -0.4 is 10.6 Å². The second-order valence-corrected chi connectivity index (χ2v) is 6.17. The highest BCUT2D eigenvalue weighted by molar-refractivity contribution is 5.63. The summed E-state index contributed by atoms with van der Waals surface area (Å²) >= 11 is 0. The largest absolute Gasteiger partial charge is 0.411 e. The van der Waals surface area contributed by atoms with Gasteiger partial charge < -0.3 is 10.4 Å². The van der Waals surface area contributed by atoms with Gasteiger partial charge in [-0.05, 0) is 12.8 Å². The SMILES string of the molecule is O/N=C\C1NCCN1CCCCCCCN1CCNC1/C=N/O.